The molecule has 0 unspecified atom stereocenters. The van der Waals surface area contributed by atoms with E-state index in [1.54, 1.807) is 18.7 Å². The quantitative estimate of drug-likeness (QED) is 0.674. The highest BCUT2D eigenvalue weighted by Gasteiger charge is 2.38. The first-order valence-electron chi connectivity index (χ1n) is 10.6. The van der Waals surface area contributed by atoms with Crippen molar-refractivity contribution in [2.75, 3.05) is 19.6 Å². The number of pyridine rings is 1. The fourth-order valence-electron chi connectivity index (χ4n) is 4.38. The molecule has 1 aliphatic carbocycles. The number of hydrogen-bond acceptors (Lipinski definition) is 4. The number of fused-ring (bicyclic) bond motifs is 1. The summed E-state index contributed by atoms with van der Waals surface area (Å²) in [5.74, 6) is -0.879. The molecular formula is C21H24ClF3N4O3. The van der Waals surface area contributed by atoms with Crippen molar-refractivity contribution in [1.29, 1.82) is 0 Å². The fraction of sp³-hybridized carbons (Fsp3) is 0.571. The Hall–Kier alpha value is -2.49. The molecule has 2 fully saturated rings. The van der Waals surface area contributed by atoms with Crippen LogP contribution in [-0.4, -0.2) is 62.8 Å². The number of nitrogens with zero attached hydrogens (tertiary/aromatic N) is 4. The highest BCUT2D eigenvalue weighted by molar-refractivity contribution is 6.33. The lowest BCUT2D eigenvalue weighted by molar-refractivity contribution is -0.137. The van der Waals surface area contributed by atoms with Gasteiger partial charge in [0.25, 0.3) is 5.91 Å². The van der Waals surface area contributed by atoms with Crippen LogP contribution in [0.3, 0.4) is 0 Å². The second-order valence-electron chi connectivity index (χ2n) is 8.45. The maximum atomic E-state index is 13.7. The minimum Gasteiger partial charge on any atom is -0.489 e. The number of hydrogen-bond donors (Lipinski definition) is 0. The molecular weight excluding hydrogens is 449 g/mol. The SMILES string of the molecule is CC(C)Oc1cc(C(F)(F)F)c2nc(C(=O)N3CCN(C4CCCC4)C(=O)C3)c(Cl)n2c1. The molecule has 0 radical (unpaired) electrons. The maximum Gasteiger partial charge on any atom is 0.420 e. The minimum absolute atomic E-state index is 0.0431. The third-order valence-electron chi connectivity index (χ3n) is 5.83. The monoisotopic (exact) mass is 472 g/mol. The second-order valence-corrected chi connectivity index (χ2v) is 8.81. The molecule has 32 heavy (non-hydrogen) atoms. The van der Waals surface area contributed by atoms with Gasteiger partial charge in [0.2, 0.25) is 5.91 Å². The average Bonchev–Trinajstić information content (AvgIpc) is 3.34. The lowest BCUT2D eigenvalue weighted by Crippen LogP contribution is -2.55. The number of carbonyl (C=O) groups is 2. The van der Waals surface area contributed by atoms with E-state index in [1.807, 2.05) is 0 Å². The predicted molar refractivity (Wildman–Crippen MR) is 111 cm³/mol. The molecule has 0 bridgehead atoms. The van der Waals surface area contributed by atoms with E-state index in [0.717, 1.165) is 36.2 Å². The van der Waals surface area contributed by atoms with E-state index < -0.39 is 23.3 Å². The summed E-state index contributed by atoms with van der Waals surface area (Å²) in [5.41, 5.74) is -1.86. The van der Waals surface area contributed by atoms with Crippen molar-refractivity contribution in [2.45, 2.75) is 57.9 Å². The van der Waals surface area contributed by atoms with E-state index in [-0.39, 0.29) is 47.7 Å². The molecule has 2 aliphatic rings. The van der Waals surface area contributed by atoms with E-state index in [4.69, 9.17) is 16.3 Å². The van der Waals surface area contributed by atoms with E-state index >= 15 is 0 Å². The Morgan fingerprint density at radius 3 is 2.53 bits per heavy atom. The Bertz CT molecular complexity index is 1050. The van der Waals surface area contributed by atoms with Crippen molar-refractivity contribution >= 4 is 29.1 Å². The Balaban J connectivity index is 1.65. The first-order valence-corrected chi connectivity index (χ1v) is 11.0. The molecule has 2 aromatic rings. The van der Waals surface area contributed by atoms with E-state index in [0.29, 0.717) is 6.54 Å². The van der Waals surface area contributed by atoms with Crippen LogP contribution in [-0.2, 0) is 11.0 Å². The van der Waals surface area contributed by atoms with Crippen molar-refractivity contribution < 1.29 is 27.5 Å². The maximum absolute atomic E-state index is 13.7. The first kappa shape index (κ1) is 22.7. The molecule has 0 N–H and O–H groups in total. The summed E-state index contributed by atoms with van der Waals surface area (Å²) in [6.45, 7) is 3.89. The van der Waals surface area contributed by atoms with E-state index in [1.165, 1.54) is 11.1 Å². The van der Waals surface area contributed by atoms with Gasteiger partial charge in [0.1, 0.15) is 23.0 Å². The van der Waals surface area contributed by atoms with Crippen LogP contribution in [0.25, 0.3) is 5.65 Å². The number of imidazole rings is 1. The number of alkyl halides is 3. The van der Waals surface area contributed by atoms with Gasteiger partial charge in [0.05, 0.1) is 12.3 Å². The van der Waals surface area contributed by atoms with Crippen molar-refractivity contribution in [1.82, 2.24) is 19.2 Å². The summed E-state index contributed by atoms with van der Waals surface area (Å²) < 4.78 is 47.5. The molecule has 2 aromatic heterocycles. The third kappa shape index (κ3) is 4.24. The Labute approximate surface area is 188 Å². The smallest absolute Gasteiger partial charge is 0.420 e. The van der Waals surface area contributed by atoms with Crippen LogP contribution < -0.4 is 4.74 Å². The van der Waals surface area contributed by atoms with Gasteiger partial charge in [-0.2, -0.15) is 13.2 Å². The molecule has 7 nitrogen and oxygen atoms in total. The molecule has 0 atom stereocenters. The number of ether oxygens (including phenoxy) is 1. The molecule has 174 valence electrons. The lowest BCUT2D eigenvalue weighted by Gasteiger charge is -2.37. The first-order chi connectivity index (χ1) is 15.1. The van der Waals surface area contributed by atoms with Gasteiger partial charge in [-0.15, -0.1) is 0 Å². The zero-order valence-corrected chi connectivity index (χ0v) is 18.5. The summed E-state index contributed by atoms with van der Waals surface area (Å²) in [6.07, 6.45) is 0.266. The van der Waals surface area contributed by atoms with E-state index in [9.17, 15) is 22.8 Å². The number of amides is 2. The standard InChI is InChI=1S/C21H24ClF3N4O3/c1-12(2)32-14-9-15(21(23,24)25)19-26-17(18(22)29(19)10-14)20(31)27-7-8-28(16(30)11-27)13-5-3-4-6-13/h9-10,12-13H,3-8,11H2,1-2H3. The molecule has 1 saturated carbocycles. The van der Waals surface area contributed by atoms with Crippen LogP contribution in [0, 0.1) is 0 Å². The minimum atomic E-state index is -4.73. The van der Waals surface area contributed by atoms with Gasteiger partial charge in [-0.25, -0.2) is 4.98 Å². The van der Waals surface area contributed by atoms with Crippen LogP contribution in [0.5, 0.6) is 5.75 Å². The summed E-state index contributed by atoms with van der Waals surface area (Å²) in [5, 5.41) is -0.254. The van der Waals surface area contributed by atoms with Crippen LogP contribution in [0.1, 0.15) is 55.6 Å². The van der Waals surface area contributed by atoms with Crippen molar-refractivity contribution in [3.05, 3.63) is 28.7 Å². The molecule has 1 aliphatic heterocycles. The van der Waals surface area contributed by atoms with Crippen molar-refractivity contribution in [2.24, 2.45) is 0 Å². The number of piperazine rings is 1. The van der Waals surface area contributed by atoms with Crippen LogP contribution in [0.4, 0.5) is 13.2 Å². The molecule has 0 spiro atoms. The molecule has 4 rings (SSSR count). The van der Waals surface area contributed by atoms with Crippen LogP contribution in [0.15, 0.2) is 12.3 Å². The zero-order chi connectivity index (χ0) is 23.2. The molecule has 3 heterocycles. The van der Waals surface area contributed by atoms with Gasteiger partial charge in [-0.1, -0.05) is 24.4 Å². The highest BCUT2D eigenvalue weighted by Crippen LogP contribution is 2.37. The van der Waals surface area contributed by atoms with Crippen LogP contribution in [0.2, 0.25) is 5.15 Å². The average molecular weight is 473 g/mol. The predicted octanol–water partition coefficient (Wildman–Crippen LogP) is 4.02. The zero-order valence-electron chi connectivity index (χ0n) is 17.8. The van der Waals surface area contributed by atoms with Gasteiger partial charge < -0.3 is 14.5 Å². The Morgan fingerprint density at radius 2 is 1.94 bits per heavy atom. The normalized spacial score (nSPS) is 18.3. The number of rotatable bonds is 4. The lowest BCUT2D eigenvalue weighted by atomic mass is 10.1. The molecule has 0 aromatic carbocycles. The van der Waals surface area contributed by atoms with Crippen molar-refractivity contribution in [3.63, 3.8) is 0 Å². The Kier molecular flexibility index (Phi) is 6.00. The molecule has 11 heteroatoms. The molecule has 2 amide bonds. The van der Waals surface area contributed by atoms with Gasteiger partial charge in [0.15, 0.2) is 11.3 Å². The van der Waals surface area contributed by atoms with Gasteiger partial charge >= 0.3 is 6.18 Å². The number of carbonyl (C=O) groups excluding carboxylic acids is 2. The number of halogens is 4. The number of aromatic nitrogens is 2. The second kappa shape index (κ2) is 8.46. The summed E-state index contributed by atoms with van der Waals surface area (Å²) in [4.78, 5) is 32.7. The highest BCUT2D eigenvalue weighted by atomic mass is 35.5. The fourth-order valence-corrected chi connectivity index (χ4v) is 4.64. The Morgan fingerprint density at radius 1 is 1.25 bits per heavy atom. The van der Waals surface area contributed by atoms with Crippen LogP contribution >= 0.6 is 11.6 Å². The van der Waals surface area contributed by atoms with Crippen molar-refractivity contribution in [3.8, 4) is 5.75 Å². The van der Waals surface area contributed by atoms with Gasteiger partial charge in [-0.05, 0) is 32.8 Å². The van der Waals surface area contributed by atoms with E-state index in [2.05, 4.69) is 4.98 Å². The molecule has 1 saturated heterocycles. The van der Waals surface area contributed by atoms with Gasteiger partial charge in [0, 0.05) is 19.1 Å². The topological polar surface area (TPSA) is 67.2 Å². The summed E-state index contributed by atoms with van der Waals surface area (Å²) in [6, 6.07) is 1.05. The third-order valence-corrected chi connectivity index (χ3v) is 6.19. The van der Waals surface area contributed by atoms with Gasteiger partial charge in [-0.3, -0.25) is 14.0 Å². The summed E-state index contributed by atoms with van der Waals surface area (Å²) in [7, 11) is 0. The summed E-state index contributed by atoms with van der Waals surface area (Å²) >= 11 is 6.31. The largest absolute Gasteiger partial charge is 0.489 e.